The average Bonchev–Trinajstić information content (AvgIpc) is 3.83. The van der Waals surface area contributed by atoms with Crippen molar-refractivity contribution >= 4 is 27.3 Å². The summed E-state index contributed by atoms with van der Waals surface area (Å²) in [4.78, 5) is 5.19. The summed E-state index contributed by atoms with van der Waals surface area (Å²) in [5.41, 5.74) is 18.3. The molecule has 2 aliphatic heterocycles. The van der Waals surface area contributed by atoms with Crippen molar-refractivity contribution in [3.05, 3.63) is 207 Å². The Morgan fingerprint density at radius 3 is 2.05 bits per heavy atom. The molecular formula is C58H48N4OPt-2. The van der Waals surface area contributed by atoms with Gasteiger partial charge >= 0.3 is 261 Å². The van der Waals surface area contributed by atoms with Crippen LogP contribution < -0.4 is 4.74 Å². The number of imidazole rings is 1. The summed E-state index contributed by atoms with van der Waals surface area (Å²) in [6.45, 7) is 11.4. The first-order valence-corrected chi connectivity index (χ1v) is 23.3. The molecule has 4 aliphatic rings. The van der Waals surface area contributed by atoms with E-state index in [2.05, 4.69) is 213 Å². The molecule has 0 fully saturated rings. The quantitative estimate of drug-likeness (QED) is 0.156. The molecule has 0 saturated carbocycles. The third kappa shape index (κ3) is 7.07. The number of rotatable bonds is 6. The maximum atomic E-state index is 6.72. The van der Waals surface area contributed by atoms with Crippen LogP contribution in [-0.4, -0.2) is 18.5 Å². The zero-order valence-corrected chi connectivity index (χ0v) is 39.0. The molecule has 6 aromatic carbocycles. The number of aromatic nitrogens is 4. The fourth-order valence-electron chi connectivity index (χ4n) is 9.67. The van der Waals surface area contributed by atoms with Gasteiger partial charge in [-0.15, -0.1) is 0 Å². The summed E-state index contributed by atoms with van der Waals surface area (Å²) in [5.74, 6) is 2.08. The van der Waals surface area contributed by atoms with E-state index in [1.165, 1.54) is 50.2 Å². The monoisotopic (exact) mass is 1010 g/mol. The number of nitrogens with zero attached hydrogens (tertiary/aromatic N) is 4. The van der Waals surface area contributed by atoms with Gasteiger partial charge in [0, 0.05) is 11.8 Å². The molecule has 5 nitrogen and oxygen atoms in total. The van der Waals surface area contributed by atoms with E-state index in [-0.39, 0.29) is 5.41 Å². The molecule has 0 radical (unpaired) electrons. The molecule has 0 N–H and O–H groups in total. The topological polar surface area (TPSA) is 36.4 Å². The Balaban J connectivity index is 1.00. The summed E-state index contributed by atoms with van der Waals surface area (Å²) in [5, 5.41) is 2.22. The van der Waals surface area contributed by atoms with Gasteiger partial charge in [0.2, 0.25) is 0 Å². The standard InChI is InChI=1S/C58H48N4O.Pt/c1-38-39(2)41-20-19-40(38)21-22-44-24-27-46(26-23-41)61-37-60(36-56(44)61)47-17-12-18-48(32-47)63-49-28-29-50-51-31-45(42-13-8-6-9-14-42)25-30-54(51)62(55(50)33-49)57-34-53(58(3,4)5)52(35-59-57)43-15-10-7-11-16-43;/h6-20,24-25,27-31,34-36H,21-23,26H2,1-5H3;/q-2;. The van der Waals surface area contributed by atoms with Crippen molar-refractivity contribution in [2.45, 2.75) is 65.7 Å². The van der Waals surface area contributed by atoms with Crippen LogP contribution in [-0.2, 0) is 50.5 Å². The molecule has 0 atom stereocenters. The minimum atomic E-state index is -0.134. The summed E-state index contributed by atoms with van der Waals surface area (Å²) in [6, 6.07) is 57.2. The van der Waals surface area contributed by atoms with Crippen LogP contribution >= 0.6 is 0 Å². The van der Waals surface area contributed by atoms with Crippen LogP contribution in [0.1, 0.15) is 59.8 Å². The summed E-state index contributed by atoms with van der Waals surface area (Å²) < 4.78 is 14.8. The number of hydrogen-bond acceptors (Lipinski definition) is 2. The maximum absolute atomic E-state index is 6.72. The van der Waals surface area contributed by atoms with Gasteiger partial charge in [0.15, 0.2) is 0 Å². The van der Waals surface area contributed by atoms with E-state index in [1.807, 2.05) is 18.3 Å². The molecule has 6 heterocycles. The second-order valence-electron chi connectivity index (χ2n) is 18.2. The third-order valence-electron chi connectivity index (χ3n) is 13.3. The molecule has 0 unspecified atom stereocenters. The molecule has 2 aliphatic carbocycles. The molecule has 318 valence electrons. The predicted octanol–water partition coefficient (Wildman–Crippen LogP) is 13.8. The van der Waals surface area contributed by atoms with Gasteiger partial charge in [-0.05, 0) is 27.7 Å². The SMILES string of the molecule is Cc1c2ccc(c1C)CCc1ccc(c3cn(-c4[c-]c(Oc5[c-]c6c(cc5)c5cc(-c7ccccc7)ccc5n6-c5cc(C(C)(C)C)c(-c6ccccc6)cn5)ccc4)[c](=[Pt])n13)CC2. The molecule has 0 amide bonds. The van der Waals surface area contributed by atoms with Crippen molar-refractivity contribution in [2.75, 3.05) is 0 Å². The zero-order valence-electron chi connectivity index (χ0n) is 36.8. The minimum absolute atomic E-state index is 0.134. The second-order valence-corrected chi connectivity index (χ2v) is 19.2. The summed E-state index contributed by atoms with van der Waals surface area (Å²) in [7, 11) is 0. The summed E-state index contributed by atoms with van der Waals surface area (Å²) in [6.07, 6.45) is 8.27. The average molecular weight is 1010 g/mol. The second kappa shape index (κ2) is 15.9. The zero-order chi connectivity index (χ0) is 43.7. The number of benzene rings is 6. The predicted molar refractivity (Wildman–Crippen MR) is 257 cm³/mol. The van der Waals surface area contributed by atoms with Crippen molar-refractivity contribution in [1.82, 2.24) is 18.5 Å². The molecule has 14 rings (SSSR count). The Hall–Kier alpha value is -6.55. The van der Waals surface area contributed by atoms with Crippen LogP contribution in [0.5, 0.6) is 11.5 Å². The molecule has 0 saturated heterocycles. The van der Waals surface area contributed by atoms with Crippen molar-refractivity contribution in [1.29, 1.82) is 0 Å². The molecule has 6 heteroatoms. The Bertz CT molecular complexity index is 3500. The van der Waals surface area contributed by atoms with Crippen molar-refractivity contribution in [3.8, 4) is 45.3 Å². The van der Waals surface area contributed by atoms with E-state index in [0.717, 1.165) is 79.5 Å². The first-order chi connectivity index (χ1) is 31.1. The Labute approximate surface area is 385 Å². The number of hydrogen-bond donors (Lipinski definition) is 0. The Morgan fingerprint density at radius 1 is 0.609 bits per heavy atom. The van der Waals surface area contributed by atoms with Gasteiger partial charge in [-0.2, -0.15) is 0 Å². The van der Waals surface area contributed by atoms with Gasteiger partial charge in [-0.3, -0.25) is 0 Å². The third-order valence-corrected chi connectivity index (χ3v) is 14.3. The fourth-order valence-corrected chi connectivity index (χ4v) is 10.7. The number of ether oxygens (including phenoxy) is 1. The molecule has 64 heavy (non-hydrogen) atoms. The van der Waals surface area contributed by atoms with Crippen LogP contribution in [0.2, 0.25) is 0 Å². The van der Waals surface area contributed by atoms with Crippen LogP contribution in [0.25, 0.3) is 61.1 Å². The molecule has 10 aromatic rings. The van der Waals surface area contributed by atoms with Crippen molar-refractivity contribution in [2.24, 2.45) is 0 Å². The van der Waals surface area contributed by atoms with E-state index in [1.54, 1.807) is 0 Å². The molecular weight excluding hydrogens is 964 g/mol. The van der Waals surface area contributed by atoms with E-state index >= 15 is 0 Å². The van der Waals surface area contributed by atoms with Crippen molar-refractivity contribution in [3.63, 3.8) is 0 Å². The van der Waals surface area contributed by atoms with Gasteiger partial charge in [0.1, 0.15) is 0 Å². The normalized spacial score (nSPS) is 12.9. The first-order valence-electron chi connectivity index (χ1n) is 22.2. The number of pyridine rings is 2. The van der Waals surface area contributed by atoms with Crippen LogP contribution in [0.15, 0.2) is 152 Å². The van der Waals surface area contributed by atoms with Gasteiger partial charge in [-0.25, -0.2) is 0 Å². The first kappa shape index (κ1) is 40.2. The Kier molecular flexibility index (Phi) is 10.0. The number of fused-ring (bicyclic) bond motifs is 3. The van der Waals surface area contributed by atoms with E-state index in [9.17, 15) is 0 Å². The number of aryl methyl sites for hydroxylation is 4. The van der Waals surface area contributed by atoms with Gasteiger partial charge < -0.3 is 0 Å². The molecule has 4 aromatic heterocycles. The van der Waals surface area contributed by atoms with Gasteiger partial charge in [-0.1, -0.05) is 87.5 Å². The molecule has 0 spiro atoms. The molecule has 4 bridgehead atoms. The van der Waals surface area contributed by atoms with E-state index < -0.39 is 0 Å². The fraction of sp³-hybridized carbons (Fsp3) is 0.172. The van der Waals surface area contributed by atoms with E-state index in [4.69, 9.17) is 9.72 Å². The summed E-state index contributed by atoms with van der Waals surface area (Å²) >= 11 is 2.49. The van der Waals surface area contributed by atoms with Crippen molar-refractivity contribution < 1.29 is 24.1 Å². The van der Waals surface area contributed by atoms with Gasteiger partial charge in [0.25, 0.3) is 0 Å². The van der Waals surface area contributed by atoms with Crippen LogP contribution in [0, 0.1) is 29.8 Å². The van der Waals surface area contributed by atoms with Crippen LogP contribution in [0.4, 0.5) is 0 Å². The van der Waals surface area contributed by atoms with Gasteiger partial charge in [0.05, 0.1) is 0 Å². The van der Waals surface area contributed by atoms with Crippen LogP contribution in [0.3, 0.4) is 0 Å². The van der Waals surface area contributed by atoms with E-state index in [0.29, 0.717) is 11.5 Å². The Morgan fingerprint density at radius 2 is 1.30 bits per heavy atom.